The van der Waals surface area contributed by atoms with Crippen LogP contribution in [-0.4, -0.2) is 38.6 Å². The van der Waals surface area contributed by atoms with Crippen LogP contribution in [0.1, 0.15) is 76.7 Å². The molecule has 0 unspecified atom stereocenters. The average Bonchev–Trinajstić information content (AvgIpc) is 3.40. The Balaban J connectivity index is 1.59. The number of aromatic nitrogens is 2. The minimum absolute atomic E-state index is 0.207. The lowest BCUT2D eigenvalue weighted by molar-refractivity contribution is -0.0457. The van der Waals surface area contributed by atoms with Crippen molar-refractivity contribution in [3.05, 3.63) is 46.7 Å². The van der Waals surface area contributed by atoms with Gasteiger partial charge in [0.2, 0.25) is 5.71 Å². The van der Waals surface area contributed by atoms with Gasteiger partial charge in [-0.3, -0.25) is 4.57 Å². The summed E-state index contributed by atoms with van der Waals surface area (Å²) in [5, 5.41) is 20.3. The number of benzene rings is 1. The summed E-state index contributed by atoms with van der Waals surface area (Å²) < 4.78 is 13.2. The molecule has 8 heteroatoms. The van der Waals surface area contributed by atoms with Gasteiger partial charge in [0.15, 0.2) is 0 Å². The number of hydrogen-bond donors (Lipinski definition) is 3. The fourth-order valence-electron chi connectivity index (χ4n) is 4.84. The van der Waals surface area contributed by atoms with E-state index in [0.717, 1.165) is 41.5 Å². The monoisotopic (exact) mass is 483 g/mol. The maximum absolute atomic E-state index is 12.8. The Bertz CT molecular complexity index is 1150. The maximum Gasteiger partial charge on any atom is 0.353 e. The molecule has 1 aliphatic rings. The lowest BCUT2D eigenvalue weighted by atomic mass is 10.00. The van der Waals surface area contributed by atoms with Gasteiger partial charge in [0.1, 0.15) is 18.1 Å². The molecule has 4 N–H and O–H groups in total. The zero-order chi connectivity index (χ0) is 24.8. The fraction of sp³-hybridized carbons (Fsp3) is 0.556. The Kier molecular flexibility index (Phi) is 8.59. The van der Waals surface area contributed by atoms with Crippen molar-refractivity contribution in [2.75, 3.05) is 12.3 Å². The number of anilines is 1. The Labute approximate surface area is 205 Å². The molecule has 1 fully saturated rings. The zero-order valence-corrected chi connectivity index (χ0v) is 20.5. The molecule has 0 aliphatic carbocycles. The standard InChI is InChI=1S/C27H37N3O5/c1-2-3-4-5-6-7-8-9-10-22-25(18-11-13-19(28)14-12-18)20-16-30(27(33)29-26(20)35-22)24-15-21(32)23(17-31)34-24/h11-14,16,21,23-24,31-32H,2-10,15,17,28H2,1H3/t21-,23+,24+/m0/s1. The van der Waals surface area contributed by atoms with Crippen LogP contribution < -0.4 is 11.4 Å². The van der Waals surface area contributed by atoms with E-state index < -0.39 is 24.1 Å². The largest absolute Gasteiger partial charge is 0.442 e. The molecule has 0 bridgehead atoms. The zero-order valence-electron chi connectivity index (χ0n) is 20.5. The second-order valence-corrected chi connectivity index (χ2v) is 9.51. The van der Waals surface area contributed by atoms with Crippen molar-refractivity contribution in [1.82, 2.24) is 9.55 Å². The molecular weight excluding hydrogens is 446 g/mol. The summed E-state index contributed by atoms with van der Waals surface area (Å²) in [7, 11) is 0. The highest BCUT2D eigenvalue weighted by Gasteiger charge is 2.35. The minimum atomic E-state index is -0.842. The van der Waals surface area contributed by atoms with Gasteiger partial charge in [0.25, 0.3) is 0 Å². The topological polar surface area (TPSA) is 124 Å². The number of fused-ring (bicyclic) bond motifs is 1. The van der Waals surface area contributed by atoms with Gasteiger partial charge in [-0.05, 0) is 24.1 Å². The van der Waals surface area contributed by atoms with E-state index in [9.17, 15) is 15.0 Å². The molecular formula is C27H37N3O5. The van der Waals surface area contributed by atoms with Crippen molar-refractivity contribution in [3.63, 3.8) is 0 Å². The molecule has 0 saturated carbocycles. The van der Waals surface area contributed by atoms with Crippen molar-refractivity contribution in [2.24, 2.45) is 0 Å². The SMILES string of the molecule is CCCCCCCCCCc1oc2nc(=O)n([C@H]3C[C@H](O)[C@@H](CO)O3)cc2c1-c1ccc(N)cc1. The van der Waals surface area contributed by atoms with Crippen LogP contribution in [0.5, 0.6) is 0 Å². The number of nitrogens with zero attached hydrogens (tertiary/aromatic N) is 2. The molecule has 35 heavy (non-hydrogen) atoms. The Morgan fingerprint density at radius 1 is 1.09 bits per heavy atom. The number of hydrogen-bond acceptors (Lipinski definition) is 7. The molecule has 1 aromatic carbocycles. The quantitative estimate of drug-likeness (QED) is 0.255. The van der Waals surface area contributed by atoms with Gasteiger partial charge in [-0.2, -0.15) is 4.98 Å². The molecule has 2 aromatic heterocycles. The van der Waals surface area contributed by atoms with Gasteiger partial charge in [-0.15, -0.1) is 0 Å². The summed E-state index contributed by atoms with van der Waals surface area (Å²) in [6.07, 6.45) is 10.2. The van der Waals surface area contributed by atoms with E-state index in [0.29, 0.717) is 11.4 Å². The first-order chi connectivity index (χ1) is 17.0. The second kappa shape index (κ2) is 11.8. The number of aliphatic hydroxyl groups excluding tert-OH is 2. The molecule has 0 radical (unpaired) electrons. The summed E-state index contributed by atoms with van der Waals surface area (Å²) in [4.78, 5) is 17.0. The van der Waals surface area contributed by atoms with Crippen molar-refractivity contribution in [2.45, 2.75) is 89.6 Å². The van der Waals surface area contributed by atoms with E-state index in [2.05, 4.69) is 11.9 Å². The first kappa shape index (κ1) is 25.4. The molecule has 3 atom stereocenters. The number of ether oxygens (including phenoxy) is 1. The number of aliphatic hydroxyl groups is 2. The van der Waals surface area contributed by atoms with Gasteiger partial charge < -0.3 is 25.1 Å². The number of nitrogens with two attached hydrogens (primary N) is 1. The Morgan fingerprint density at radius 2 is 1.77 bits per heavy atom. The average molecular weight is 484 g/mol. The summed E-state index contributed by atoms with van der Waals surface area (Å²) in [6.45, 7) is 1.92. The Morgan fingerprint density at radius 3 is 2.43 bits per heavy atom. The van der Waals surface area contributed by atoms with Crippen molar-refractivity contribution in [1.29, 1.82) is 0 Å². The third-order valence-electron chi connectivity index (χ3n) is 6.84. The summed E-state index contributed by atoms with van der Waals surface area (Å²) >= 11 is 0. The summed E-state index contributed by atoms with van der Waals surface area (Å²) in [5.41, 5.74) is 8.22. The number of aryl methyl sites for hydroxylation is 1. The molecule has 3 heterocycles. The van der Waals surface area contributed by atoms with Crippen LogP contribution in [0.2, 0.25) is 0 Å². The van der Waals surface area contributed by atoms with Crippen LogP contribution in [0.4, 0.5) is 5.69 Å². The highest BCUT2D eigenvalue weighted by Crippen LogP contribution is 2.36. The van der Waals surface area contributed by atoms with E-state index in [1.807, 2.05) is 24.3 Å². The van der Waals surface area contributed by atoms with Gasteiger partial charge in [0.05, 0.1) is 18.1 Å². The normalized spacial score (nSPS) is 20.1. The highest BCUT2D eigenvalue weighted by molar-refractivity contribution is 5.93. The van der Waals surface area contributed by atoms with Gasteiger partial charge in [0, 0.05) is 30.3 Å². The third-order valence-corrected chi connectivity index (χ3v) is 6.84. The van der Waals surface area contributed by atoms with E-state index in [-0.39, 0.29) is 13.0 Å². The molecule has 0 amide bonds. The van der Waals surface area contributed by atoms with Crippen molar-refractivity contribution < 1.29 is 19.4 Å². The minimum Gasteiger partial charge on any atom is -0.442 e. The number of rotatable bonds is 12. The lowest BCUT2D eigenvalue weighted by Crippen LogP contribution is -2.27. The molecule has 1 aliphatic heterocycles. The number of unbranched alkanes of at least 4 members (excludes halogenated alkanes) is 7. The van der Waals surface area contributed by atoms with Crippen LogP contribution >= 0.6 is 0 Å². The molecule has 4 rings (SSSR count). The van der Waals surface area contributed by atoms with Crippen LogP contribution in [0.15, 0.2) is 39.7 Å². The molecule has 8 nitrogen and oxygen atoms in total. The smallest absolute Gasteiger partial charge is 0.353 e. The van der Waals surface area contributed by atoms with Gasteiger partial charge in [-0.1, -0.05) is 64.0 Å². The number of nitrogen functional groups attached to an aromatic ring is 1. The summed E-state index contributed by atoms with van der Waals surface area (Å²) in [5.74, 6) is 0.806. The van der Waals surface area contributed by atoms with Crippen LogP contribution in [0, 0.1) is 0 Å². The third kappa shape index (κ3) is 5.94. The van der Waals surface area contributed by atoms with E-state index >= 15 is 0 Å². The van der Waals surface area contributed by atoms with Gasteiger partial charge >= 0.3 is 5.69 Å². The fourth-order valence-corrected chi connectivity index (χ4v) is 4.84. The highest BCUT2D eigenvalue weighted by atomic mass is 16.5. The second-order valence-electron chi connectivity index (χ2n) is 9.51. The summed E-state index contributed by atoms with van der Waals surface area (Å²) in [6, 6.07) is 7.59. The van der Waals surface area contributed by atoms with Crippen LogP contribution in [0.3, 0.4) is 0 Å². The van der Waals surface area contributed by atoms with E-state index in [4.69, 9.17) is 14.9 Å². The number of furan rings is 1. The first-order valence-corrected chi connectivity index (χ1v) is 12.9. The van der Waals surface area contributed by atoms with Crippen molar-refractivity contribution >= 4 is 16.8 Å². The van der Waals surface area contributed by atoms with Gasteiger partial charge in [-0.25, -0.2) is 4.79 Å². The predicted octanol–water partition coefficient (Wildman–Crippen LogP) is 4.56. The molecule has 1 saturated heterocycles. The lowest BCUT2D eigenvalue weighted by Gasteiger charge is -2.14. The molecule has 0 spiro atoms. The maximum atomic E-state index is 12.8. The van der Waals surface area contributed by atoms with Crippen LogP contribution in [0.25, 0.3) is 22.2 Å². The Hall–Kier alpha value is -2.68. The van der Waals surface area contributed by atoms with E-state index in [1.165, 1.54) is 43.1 Å². The predicted molar refractivity (Wildman–Crippen MR) is 136 cm³/mol. The molecule has 3 aromatic rings. The molecule has 190 valence electrons. The van der Waals surface area contributed by atoms with Crippen molar-refractivity contribution in [3.8, 4) is 11.1 Å². The first-order valence-electron chi connectivity index (χ1n) is 12.9. The van der Waals surface area contributed by atoms with E-state index in [1.54, 1.807) is 6.20 Å². The van der Waals surface area contributed by atoms with Crippen LogP contribution in [-0.2, 0) is 11.2 Å².